The Kier molecular flexibility index (Phi) is 6.15. The van der Waals surface area contributed by atoms with Crippen LogP contribution in [0.1, 0.15) is 39.8 Å². The van der Waals surface area contributed by atoms with Crippen LogP contribution >= 0.6 is 0 Å². The number of pyridine rings is 1. The third-order valence-corrected chi connectivity index (χ3v) is 3.33. The van der Waals surface area contributed by atoms with Crippen LogP contribution in [0.3, 0.4) is 0 Å². The zero-order chi connectivity index (χ0) is 16.0. The van der Waals surface area contributed by atoms with Gasteiger partial charge in [0.25, 0.3) is 5.91 Å². The Labute approximate surface area is 127 Å². The molecule has 1 N–H and O–H groups in total. The molecule has 0 aromatic carbocycles. The van der Waals surface area contributed by atoms with E-state index in [9.17, 15) is 4.79 Å². The van der Waals surface area contributed by atoms with Crippen molar-refractivity contribution in [3.05, 3.63) is 17.8 Å². The Bertz CT molecular complexity index is 488. The van der Waals surface area contributed by atoms with E-state index in [2.05, 4.69) is 24.1 Å². The molecule has 0 aliphatic carbocycles. The SMILES string of the molecule is CCOc1ccc(NC(=O)[C@](C)(CC(C)C)OC)c(C)n1. The van der Waals surface area contributed by atoms with Gasteiger partial charge in [0, 0.05) is 13.2 Å². The Morgan fingerprint density at radius 3 is 2.57 bits per heavy atom. The maximum atomic E-state index is 12.5. The molecule has 1 heterocycles. The van der Waals surface area contributed by atoms with Crippen molar-refractivity contribution in [2.75, 3.05) is 19.0 Å². The highest BCUT2D eigenvalue weighted by Crippen LogP contribution is 2.24. The fourth-order valence-corrected chi connectivity index (χ4v) is 2.20. The average molecular weight is 294 g/mol. The van der Waals surface area contributed by atoms with Gasteiger partial charge in [-0.3, -0.25) is 4.79 Å². The molecule has 0 fully saturated rings. The first-order valence-electron chi connectivity index (χ1n) is 7.29. The molecule has 0 unspecified atom stereocenters. The van der Waals surface area contributed by atoms with Crippen LogP contribution in [0.5, 0.6) is 5.88 Å². The van der Waals surface area contributed by atoms with Gasteiger partial charge in [-0.2, -0.15) is 0 Å². The molecule has 5 heteroatoms. The minimum absolute atomic E-state index is 0.159. The lowest BCUT2D eigenvalue weighted by Crippen LogP contribution is -2.43. The number of rotatable bonds is 7. The van der Waals surface area contributed by atoms with Gasteiger partial charge < -0.3 is 14.8 Å². The maximum Gasteiger partial charge on any atom is 0.256 e. The standard InChI is InChI=1S/C16H26N2O3/c1-7-21-14-9-8-13(12(4)17-14)18-15(19)16(5,20-6)10-11(2)3/h8-9,11H,7,10H2,1-6H3,(H,18,19)/t16-/m0/s1. The average Bonchev–Trinajstić information content (AvgIpc) is 2.41. The minimum atomic E-state index is -0.848. The van der Waals surface area contributed by atoms with Gasteiger partial charge >= 0.3 is 0 Å². The van der Waals surface area contributed by atoms with Gasteiger partial charge in [-0.1, -0.05) is 13.8 Å². The maximum absolute atomic E-state index is 12.5. The highest BCUT2D eigenvalue weighted by Gasteiger charge is 2.34. The predicted octanol–water partition coefficient (Wildman–Crippen LogP) is 3.18. The van der Waals surface area contributed by atoms with Crippen molar-refractivity contribution in [3.63, 3.8) is 0 Å². The van der Waals surface area contributed by atoms with E-state index in [4.69, 9.17) is 9.47 Å². The van der Waals surface area contributed by atoms with E-state index < -0.39 is 5.60 Å². The normalized spacial score (nSPS) is 13.9. The van der Waals surface area contributed by atoms with Crippen molar-refractivity contribution in [3.8, 4) is 5.88 Å². The molecule has 5 nitrogen and oxygen atoms in total. The van der Waals surface area contributed by atoms with E-state index >= 15 is 0 Å². The first kappa shape index (κ1) is 17.4. The van der Waals surface area contributed by atoms with Gasteiger partial charge in [-0.15, -0.1) is 0 Å². The van der Waals surface area contributed by atoms with E-state index in [1.807, 2.05) is 13.8 Å². The van der Waals surface area contributed by atoms with E-state index in [1.165, 1.54) is 0 Å². The van der Waals surface area contributed by atoms with Crippen molar-refractivity contribution in [1.29, 1.82) is 0 Å². The van der Waals surface area contributed by atoms with Crippen LogP contribution in [-0.2, 0) is 9.53 Å². The van der Waals surface area contributed by atoms with Crippen LogP contribution in [0.15, 0.2) is 12.1 Å². The van der Waals surface area contributed by atoms with Crippen molar-refractivity contribution in [2.24, 2.45) is 5.92 Å². The van der Waals surface area contributed by atoms with Crippen LogP contribution in [-0.4, -0.2) is 30.2 Å². The molecule has 0 bridgehead atoms. The summed E-state index contributed by atoms with van der Waals surface area (Å²) in [5.41, 5.74) is 0.548. The highest BCUT2D eigenvalue weighted by molar-refractivity contribution is 5.97. The number of aryl methyl sites for hydroxylation is 1. The molecule has 1 aromatic rings. The second-order valence-corrected chi connectivity index (χ2v) is 5.70. The topological polar surface area (TPSA) is 60.5 Å². The fourth-order valence-electron chi connectivity index (χ4n) is 2.20. The van der Waals surface area contributed by atoms with Gasteiger partial charge in [0.15, 0.2) is 0 Å². The number of carbonyl (C=O) groups excluding carboxylic acids is 1. The summed E-state index contributed by atoms with van der Waals surface area (Å²) in [5.74, 6) is 0.762. The molecule has 0 aliphatic heterocycles. The number of nitrogens with one attached hydrogen (secondary N) is 1. The third-order valence-electron chi connectivity index (χ3n) is 3.33. The number of hydrogen-bond donors (Lipinski definition) is 1. The molecule has 21 heavy (non-hydrogen) atoms. The molecular weight excluding hydrogens is 268 g/mol. The zero-order valence-electron chi connectivity index (χ0n) is 13.8. The Morgan fingerprint density at radius 1 is 1.43 bits per heavy atom. The number of amides is 1. The largest absolute Gasteiger partial charge is 0.478 e. The monoisotopic (exact) mass is 294 g/mol. The Balaban J connectivity index is 2.86. The number of anilines is 1. The Morgan fingerprint density at radius 2 is 2.10 bits per heavy atom. The lowest BCUT2D eigenvalue weighted by atomic mass is 9.93. The van der Waals surface area contributed by atoms with E-state index in [-0.39, 0.29) is 5.91 Å². The summed E-state index contributed by atoms with van der Waals surface area (Å²) in [7, 11) is 1.56. The Hall–Kier alpha value is -1.62. The molecule has 0 saturated heterocycles. The fraction of sp³-hybridized carbons (Fsp3) is 0.625. The minimum Gasteiger partial charge on any atom is -0.478 e. The molecule has 1 atom stereocenters. The summed E-state index contributed by atoms with van der Waals surface area (Å²) in [6.45, 7) is 10.2. The van der Waals surface area contributed by atoms with Gasteiger partial charge in [-0.05, 0) is 39.2 Å². The third kappa shape index (κ3) is 4.70. The molecule has 1 aromatic heterocycles. The summed E-state index contributed by atoms with van der Waals surface area (Å²) in [6.07, 6.45) is 0.652. The highest BCUT2D eigenvalue weighted by atomic mass is 16.5. The van der Waals surface area contributed by atoms with Gasteiger partial charge in [0.1, 0.15) is 5.60 Å². The number of hydrogen-bond acceptors (Lipinski definition) is 4. The molecule has 1 rings (SSSR count). The van der Waals surface area contributed by atoms with Gasteiger partial charge in [-0.25, -0.2) is 4.98 Å². The molecule has 1 amide bonds. The summed E-state index contributed by atoms with van der Waals surface area (Å²) in [4.78, 5) is 16.8. The molecule has 0 radical (unpaired) electrons. The summed E-state index contributed by atoms with van der Waals surface area (Å²) in [6, 6.07) is 3.55. The van der Waals surface area contributed by atoms with Crippen LogP contribution in [0.4, 0.5) is 5.69 Å². The van der Waals surface area contributed by atoms with Crippen LogP contribution in [0.2, 0.25) is 0 Å². The second kappa shape index (κ2) is 7.41. The summed E-state index contributed by atoms with van der Waals surface area (Å²) < 4.78 is 10.8. The number of aromatic nitrogens is 1. The number of carbonyl (C=O) groups is 1. The van der Waals surface area contributed by atoms with Crippen LogP contribution < -0.4 is 10.1 Å². The van der Waals surface area contributed by atoms with E-state index in [0.29, 0.717) is 30.5 Å². The molecule has 118 valence electrons. The number of nitrogens with zero attached hydrogens (tertiary/aromatic N) is 1. The van der Waals surface area contributed by atoms with E-state index in [0.717, 1.165) is 5.69 Å². The molecular formula is C16H26N2O3. The summed E-state index contributed by atoms with van der Waals surface area (Å²) >= 11 is 0. The zero-order valence-corrected chi connectivity index (χ0v) is 13.8. The molecule has 0 saturated carbocycles. The quantitative estimate of drug-likeness (QED) is 0.839. The van der Waals surface area contributed by atoms with Crippen LogP contribution in [0.25, 0.3) is 0 Å². The van der Waals surface area contributed by atoms with Crippen molar-refractivity contribution in [1.82, 2.24) is 4.98 Å². The number of methoxy groups -OCH3 is 1. The molecule has 0 spiro atoms. The van der Waals surface area contributed by atoms with Crippen molar-refractivity contribution >= 4 is 11.6 Å². The predicted molar refractivity (Wildman–Crippen MR) is 83.6 cm³/mol. The van der Waals surface area contributed by atoms with Crippen molar-refractivity contribution in [2.45, 2.75) is 46.6 Å². The molecule has 0 aliphatic rings. The lowest BCUT2D eigenvalue weighted by Gasteiger charge is -2.28. The lowest BCUT2D eigenvalue weighted by molar-refractivity contribution is -0.137. The first-order chi connectivity index (χ1) is 9.82. The van der Waals surface area contributed by atoms with Gasteiger partial charge in [0.05, 0.1) is 18.0 Å². The van der Waals surface area contributed by atoms with Crippen molar-refractivity contribution < 1.29 is 14.3 Å². The summed E-state index contributed by atoms with van der Waals surface area (Å²) in [5, 5.41) is 2.89. The van der Waals surface area contributed by atoms with Crippen LogP contribution in [0, 0.1) is 12.8 Å². The number of ether oxygens (including phenoxy) is 2. The smallest absolute Gasteiger partial charge is 0.256 e. The first-order valence-corrected chi connectivity index (χ1v) is 7.29. The second-order valence-electron chi connectivity index (χ2n) is 5.70. The van der Waals surface area contributed by atoms with Gasteiger partial charge in [0.2, 0.25) is 5.88 Å². The van der Waals surface area contributed by atoms with E-state index in [1.54, 1.807) is 26.2 Å².